The molecular formula is C27H27ClN4O3S. The molecule has 0 radical (unpaired) electrons. The molecule has 4 aromatic rings. The molecule has 0 aliphatic heterocycles. The fourth-order valence-electron chi connectivity index (χ4n) is 3.71. The monoisotopic (exact) mass is 522 g/mol. The van der Waals surface area contributed by atoms with Gasteiger partial charge >= 0.3 is 0 Å². The molecule has 1 amide bonds. The van der Waals surface area contributed by atoms with Gasteiger partial charge in [-0.15, -0.1) is 0 Å². The summed E-state index contributed by atoms with van der Waals surface area (Å²) in [7, 11) is -3.92. The summed E-state index contributed by atoms with van der Waals surface area (Å²) in [6.45, 7) is 5.09. The zero-order valence-corrected chi connectivity index (χ0v) is 21.8. The number of carbonyl (C=O) groups is 1. The lowest BCUT2D eigenvalue weighted by atomic mass is 10.1. The lowest BCUT2D eigenvalue weighted by molar-refractivity contribution is -0.116. The molecule has 1 heterocycles. The number of hydrogen-bond acceptors (Lipinski definition) is 4. The van der Waals surface area contributed by atoms with Crippen LogP contribution in [0.15, 0.2) is 89.8 Å². The van der Waals surface area contributed by atoms with Crippen molar-refractivity contribution in [2.75, 3.05) is 11.9 Å². The number of anilines is 1. The van der Waals surface area contributed by atoms with E-state index in [-0.39, 0.29) is 11.4 Å². The molecular weight excluding hydrogens is 496 g/mol. The van der Waals surface area contributed by atoms with E-state index in [0.717, 1.165) is 21.1 Å². The third-order valence-corrected chi connectivity index (χ3v) is 7.91. The Balaban J connectivity index is 1.64. The van der Waals surface area contributed by atoms with Crippen molar-refractivity contribution >= 4 is 33.3 Å². The molecule has 0 fully saturated rings. The fourth-order valence-corrected chi connectivity index (χ4v) is 5.43. The van der Waals surface area contributed by atoms with Crippen molar-refractivity contribution in [2.45, 2.75) is 31.7 Å². The highest BCUT2D eigenvalue weighted by atomic mass is 35.5. The van der Waals surface area contributed by atoms with E-state index in [9.17, 15) is 13.2 Å². The Hall–Kier alpha value is -3.46. The van der Waals surface area contributed by atoms with E-state index >= 15 is 0 Å². The van der Waals surface area contributed by atoms with Crippen LogP contribution in [0.25, 0.3) is 16.9 Å². The van der Waals surface area contributed by atoms with Gasteiger partial charge in [0.2, 0.25) is 15.9 Å². The maximum atomic E-state index is 13.3. The average molecular weight is 523 g/mol. The molecule has 1 aromatic heterocycles. The minimum absolute atomic E-state index is 0.0736. The second-order valence-corrected chi connectivity index (χ2v) is 11.0. The second kappa shape index (κ2) is 10.7. The summed E-state index contributed by atoms with van der Waals surface area (Å²) < 4.78 is 29.3. The highest BCUT2D eigenvalue weighted by Crippen LogP contribution is 2.26. The van der Waals surface area contributed by atoms with Crippen molar-refractivity contribution in [2.24, 2.45) is 0 Å². The summed E-state index contributed by atoms with van der Waals surface area (Å²) in [6, 6.07) is 24.6. The van der Waals surface area contributed by atoms with E-state index in [1.165, 1.54) is 24.3 Å². The Kier molecular flexibility index (Phi) is 7.59. The summed E-state index contributed by atoms with van der Waals surface area (Å²) in [4.78, 5) is 13.2. The van der Waals surface area contributed by atoms with E-state index in [4.69, 9.17) is 16.7 Å². The van der Waals surface area contributed by atoms with Gasteiger partial charge in [-0.2, -0.15) is 9.40 Å². The molecule has 0 atom stereocenters. The summed E-state index contributed by atoms with van der Waals surface area (Å²) in [5.41, 5.74) is 3.45. The van der Waals surface area contributed by atoms with Crippen LogP contribution in [0.5, 0.6) is 0 Å². The molecule has 7 nitrogen and oxygen atoms in total. The lowest BCUT2D eigenvalue weighted by Crippen LogP contribution is -2.42. The topological polar surface area (TPSA) is 84.3 Å². The molecule has 36 heavy (non-hydrogen) atoms. The Morgan fingerprint density at radius 1 is 1.00 bits per heavy atom. The predicted octanol–water partition coefficient (Wildman–Crippen LogP) is 5.54. The second-order valence-electron chi connectivity index (χ2n) is 8.67. The number of sulfonamides is 1. The predicted molar refractivity (Wildman–Crippen MR) is 143 cm³/mol. The molecule has 0 spiro atoms. The third-order valence-electron chi connectivity index (χ3n) is 5.62. The fraction of sp³-hybridized carbons (Fsp3) is 0.185. The van der Waals surface area contributed by atoms with Gasteiger partial charge in [0.15, 0.2) is 0 Å². The first-order chi connectivity index (χ1) is 17.1. The number of amides is 1. The first kappa shape index (κ1) is 25.6. The van der Waals surface area contributed by atoms with Crippen LogP contribution < -0.4 is 5.32 Å². The maximum Gasteiger partial charge on any atom is 0.243 e. The van der Waals surface area contributed by atoms with Gasteiger partial charge in [-0.25, -0.2) is 13.1 Å². The first-order valence-electron chi connectivity index (χ1n) is 11.4. The maximum absolute atomic E-state index is 13.3. The van der Waals surface area contributed by atoms with Gasteiger partial charge in [-0.05, 0) is 57.2 Å². The molecule has 0 unspecified atom stereocenters. The third kappa shape index (κ3) is 5.67. The number of aryl methyl sites for hydroxylation is 1. The van der Waals surface area contributed by atoms with Crippen LogP contribution in [-0.4, -0.2) is 41.0 Å². The van der Waals surface area contributed by atoms with Gasteiger partial charge < -0.3 is 5.32 Å². The number of benzene rings is 3. The van der Waals surface area contributed by atoms with Crippen LogP contribution in [-0.2, 0) is 14.8 Å². The van der Waals surface area contributed by atoms with Crippen LogP contribution >= 0.6 is 11.6 Å². The smallest absolute Gasteiger partial charge is 0.243 e. The van der Waals surface area contributed by atoms with Gasteiger partial charge in [0.1, 0.15) is 5.82 Å². The van der Waals surface area contributed by atoms with Crippen LogP contribution in [0.2, 0.25) is 5.02 Å². The summed E-state index contributed by atoms with van der Waals surface area (Å²) in [5.74, 6) is -0.0376. The molecule has 0 saturated carbocycles. The Bertz CT molecular complexity index is 1450. The van der Waals surface area contributed by atoms with Crippen molar-refractivity contribution in [1.29, 1.82) is 0 Å². The molecule has 0 aliphatic rings. The van der Waals surface area contributed by atoms with E-state index in [1.807, 2.05) is 61.5 Å². The van der Waals surface area contributed by atoms with E-state index < -0.39 is 22.0 Å². The van der Waals surface area contributed by atoms with Crippen molar-refractivity contribution in [1.82, 2.24) is 14.1 Å². The summed E-state index contributed by atoms with van der Waals surface area (Å²) >= 11 is 5.92. The number of aromatic nitrogens is 2. The van der Waals surface area contributed by atoms with Crippen LogP contribution in [0.3, 0.4) is 0 Å². The molecule has 3 aromatic carbocycles. The van der Waals surface area contributed by atoms with Gasteiger partial charge in [0.25, 0.3) is 0 Å². The van der Waals surface area contributed by atoms with Crippen molar-refractivity contribution < 1.29 is 13.2 Å². The lowest BCUT2D eigenvalue weighted by Gasteiger charge is -2.25. The molecule has 186 valence electrons. The number of nitrogens with one attached hydrogen (secondary N) is 1. The van der Waals surface area contributed by atoms with Gasteiger partial charge in [-0.1, -0.05) is 59.6 Å². The van der Waals surface area contributed by atoms with E-state index in [2.05, 4.69) is 5.32 Å². The van der Waals surface area contributed by atoms with Crippen LogP contribution in [0.4, 0.5) is 5.82 Å². The quantitative estimate of drug-likeness (QED) is 0.329. The van der Waals surface area contributed by atoms with Crippen molar-refractivity contribution in [3.63, 3.8) is 0 Å². The zero-order valence-electron chi connectivity index (χ0n) is 20.2. The SMILES string of the molecule is Cc1ccc(-n2nc(-c3ccccc3)cc2NC(=O)CN(C(C)C)S(=O)(=O)c2ccc(Cl)cc2)cc1. The Morgan fingerprint density at radius 3 is 2.25 bits per heavy atom. The minimum atomic E-state index is -3.92. The standard InChI is InChI=1S/C27H27ClN4O3S/c1-19(2)31(36(34,35)24-15-11-22(28)12-16-24)18-27(33)29-26-17-25(21-7-5-4-6-8-21)30-32(26)23-13-9-20(3)10-14-23/h4-17,19H,18H2,1-3H3,(H,29,33). The van der Waals surface area contributed by atoms with Gasteiger partial charge in [-0.3, -0.25) is 4.79 Å². The molecule has 0 bridgehead atoms. The number of hydrogen-bond donors (Lipinski definition) is 1. The summed E-state index contributed by atoms with van der Waals surface area (Å²) in [5, 5.41) is 8.01. The van der Waals surface area contributed by atoms with E-state index in [1.54, 1.807) is 24.6 Å². The Labute approximate surface area is 216 Å². The van der Waals surface area contributed by atoms with Gasteiger partial charge in [0, 0.05) is 22.7 Å². The normalized spacial score (nSPS) is 11.7. The van der Waals surface area contributed by atoms with Crippen LogP contribution in [0.1, 0.15) is 19.4 Å². The number of rotatable bonds is 8. The molecule has 4 rings (SSSR count). The summed E-state index contributed by atoms with van der Waals surface area (Å²) in [6.07, 6.45) is 0. The highest BCUT2D eigenvalue weighted by Gasteiger charge is 2.29. The zero-order chi connectivity index (χ0) is 25.9. The highest BCUT2D eigenvalue weighted by molar-refractivity contribution is 7.89. The number of carbonyl (C=O) groups excluding carboxylic acids is 1. The van der Waals surface area contributed by atoms with Gasteiger partial charge in [0.05, 0.1) is 22.8 Å². The number of nitrogens with zero attached hydrogens (tertiary/aromatic N) is 3. The Morgan fingerprint density at radius 2 is 1.64 bits per heavy atom. The van der Waals surface area contributed by atoms with Crippen molar-refractivity contribution in [3.8, 4) is 16.9 Å². The first-order valence-corrected chi connectivity index (χ1v) is 13.3. The molecule has 0 saturated heterocycles. The average Bonchev–Trinajstić information content (AvgIpc) is 3.27. The van der Waals surface area contributed by atoms with Crippen LogP contribution in [0, 0.1) is 6.92 Å². The molecule has 9 heteroatoms. The van der Waals surface area contributed by atoms with E-state index in [0.29, 0.717) is 16.5 Å². The van der Waals surface area contributed by atoms with Crippen molar-refractivity contribution in [3.05, 3.63) is 95.5 Å². The minimum Gasteiger partial charge on any atom is -0.309 e. The molecule has 0 aliphatic carbocycles. The largest absolute Gasteiger partial charge is 0.309 e. The number of halogens is 1. The molecule has 1 N–H and O–H groups in total.